The van der Waals surface area contributed by atoms with Crippen LogP contribution < -0.4 is 0 Å². The largest absolute Gasteiger partial charge is 0.207 e. The maximum Gasteiger partial charge on any atom is 0.126 e. The molecular weight excluding hydrogens is 371 g/mol. The van der Waals surface area contributed by atoms with E-state index in [0.717, 1.165) is 22.9 Å². The number of alkyl halides is 1. The van der Waals surface area contributed by atoms with Gasteiger partial charge in [0.2, 0.25) is 0 Å². The Kier molecular flexibility index (Phi) is 3.77. The SMILES string of the molecule is Fc1ccc(Br)cc1CC1Cc2ccccc2C1Br. The normalized spacial score (nSPS) is 21.4. The lowest BCUT2D eigenvalue weighted by molar-refractivity contribution is 0.527. The molecular formula is C16H13Br2F. The fourth-order valence-electron chi connectivity index (χ4n) is 2.79. The van der Waals surface area contributed by atoms with Crippen molar-refractivity contribution < 1.29 is 4.39 Å². The molecule has 1 aliphatic rings. The minimum atomic E-state index is -0.112. The highest BCUT2D eigenvalue weighted by Gasteiger charge is 2.30. The minimum absolute atomic E-state index is 0.112. The van der Waals surface area contributed by atoms with E-state index in [0.29, 0.717) is 10.7 Å². The second-order valence-electron chi connectivity index (χ2n) is 5.00. The highest BCUT2D eigenvalue weighted by atomic mass is 79.9. The van der Waals surface area contributed by atoms with E-state index < -0.39 is 0 Å². The lowest BCUT2D eigenvalue weighted by Gasteiger charge is -2.15. The van der Waals surface area contributed by atoms with Gasteiger partial charge in [0, 0.05) is 9.30 Å². The van der Waals surface area contributed by atoms with Crippen LogP contribution in [0.2, 0.25) is 0 Å². The third-order valence-electron chi connectivity index (χ3n) is 3.74. The molecule has 0 spiro atoms. The van der Waals surface area contributed by atoms with Crippen molar-refractivity contribution >= 4 is 31.9 Å². The van der Waals surface area contributed by atoms with Crippen molar-refractivity contribution in [2.75, 3.05) is 0 Å². The van der Waals surface area contributed by atoms with Gasteiger partial charge in [0.25, 0.3) is 0 Å². The van der Waals surface area contributed by atoms with Crippen molar-refractivity contribution in [2.45, 2.75) is 17.7 Å². The number of benzene rings is 2. The average molecular weight is 384 g/mol. The first-order valence-corrected chi connectivity index (χ1v) is 8.02. The predicted molar refractivity (Wildman–Crippen MR) is 83.1 cm³/mol. The standard InChI is InChI=1S/C16H13Br2F/c17-13-5-6-15(19)11(9-13)8-12-7-10-3-1-2-4-14(10)16(12)18/h1-6,9,12,16H,7-8H2. The molecule has 0 N–H and O–H groups in total. The molecule has 0 heterocycles. The molecule has 1 aliphatic carbocycles. The second-order valence-corrected chi connectivity index (χ2v) is 6.91. The number of hydrogen-bond donors (Lipinski definition) is 0. The van der Waals surface area contributed by atoms with Gasteiger partial charge in [0.15, 0.2) is 0 Å². The van der Waals surface area contributed by atoms with E-state index in [1.54, 1.807) is 6.07 Å². The summed E-state index contributed by atoms with van der Waals surface area (Å²) in [6.45, 7) is 0. The maximum atomic E-state index is 13.8. The van der Waals surface area contributed by atoms with Crippen LogP contribution in [0.15, 0.2) is 46.9 Å². The lowest BCUT2D eigenvalue weighted by atomic mass is 9.96. The highest BCUT2D eigenvalue weighted by Crippen LogP contribution is 2.43. The van der Waals surface area contributed by atoms with Crippen LogP contribution in [0, 0.1) is 11.7 Å². The molecule has 98 valence electrons. The molecule has 0 fully saturated rings. The molecule has 0 bridgehead atoms. The fraction of sp³-hybridized carbons (Fsp3) is 0.250. The Morgan fingerprint density at radius 3 is 2.74 bits per heavy atom. The topological polar surface area (TPSA) is 0 Å². The maximum absolute atomic E-state index is 13.8. The Balaban J connectivity index is 1.85. The van der Waals surface area contributed by atoms with E-state index in [-0.39, 0.29) is 5.82 Å². The zero-order chi connectivity index (χ0) is 13.4. The first-order chi connectivity index (χ1) is 9.15. The Labute approximate surface area is 129 Å². The number of halogens is 3. The van der Waals surface area contributed by atoms with Crippen molar-refractivity contribution in [3.63, 3.8) is 0 Å². The van der Waals surface area contributed by atoms with Crippen molar-refractivity contribution in [2.24, 2.45) is 5.92 Å². The number of fused-ring (bicyclic) bond motifs is 1. The third-order valence-corrected chi connectivity index (χ3v) is 5.47. The van der Waals surface area contributed by atoms with Crippen LogP contribution in [0.5, 0.6) is 0 Å². The molecule has 2 atom stereocenters. The summed E-state index contributed by atoms with van der Waals surface area (Å²) in [5.41, 5.74) is 3.52. The molecule has 0 nitrogen and oxygen atoms in total. The molecule has 0 aliphatic heterocycles. The Morgan fingerprint density at radius 2 is 1.95 bits per heavy atom. The molecule has 2 aromatic carbocycles. The Morgan fingerprint density at radius 1 is 1.16 bits per heavy atom. The van der Waals surface area contributed by atoms with Crippen LogP contribution in [-0.2, 0) is 12.8 Å². The van der Waals surface area contributed by atoms with Gasteiger partial charge in [0.05, 0.1) is 0 Å². The van der Waals surface area contributed by atoms with Gasteiger partial charge in [-0.1, -0.05) is 56.1 Å². The van der Waals surface area contributed by atoms with Gasteiger partial charge in [-0.05, 0) is 53.6 Å². The molecule has 0 radical (unpaired) electrons. The fourth-order valence-corrected chi connectivity index (χ4v) is 4.02. The quantitative estimate of drug-likeness (QED) is 0.605. The summed E-state index contributed by atoms with van der Waals surface area (Å²) in [7, 11) is 0. The van der Waals surface area contributed by atoms with Gasteiger partial charge in [-0.2, -0.15) is 0 Å². The van der Waals surface area contributed by atoms with E-state index in [9.17, 15) is 4.39 Å². The molecule has 0 saturated heterocycles. The molecule has 2 aromatic rings. The lowest BCUT2D eigenvalue weighted by Crippen LogP contribution is -2.08. The van der Waals surface area contributed by atoms with Crippen molar-refractivity contribution in [3.8, 4) is 0 Å². The third kappa shape index (κ3) is 2.63. The van der Waals surface area contributed by atoms with Crippen molar-refractivity contribution in [1.29, 1.82) is 0 Å². The van der Waals surface area contributed by atoms with Gasteiger partial charge in [-0.3, -0.25) is 0 Å². The average Bonchev–Trinajstić information content (AvgIpc) is 2.72. The molecule has 0 amide bonds. The van der Waals surface area contributed by atoms with Gasteiger partial charge in [0.1, 0.15) is 5.82 Å². The van der Waals surface area contributed by atoms with Crippen LogP contribution in [-0.4, -0.2) is 0 Å². The van der Waals surface area contributed by atoms with Gasteiger partial charge in [-0.15, -0.1) is 0 Å². The molecule has 0 aromatic heterocycles. The van der Waals surface area contributed by atoms with E-state index in [4.69, 9.17) is 0 Å². The van der Waals surface area contributed by atoms with E-state index in [1.165, 1.54) is 17.2 Å². The Hall–Kier alpha value is -0.670. The molecule has 3 heteroatoms. The van der Waals surface area contributed by atoms with Gasteiger partial charge in [-0.25, -0.2) is 4.39 Å². The van der Waals surface area contributed by atoms with Crippen LogP contribution in [0.3, 0.4) is 0 Å². The summed E-state index contributed by atoms with van der Waals surface area (Å²) in [4.78, 5) is 0.321. The van der Waals surface area contributed by atoms with E-state index in [2.05, 4.69) is 56.1 Å². The predicted octanol–water partition coefficient (Wildman–Crippen LogP) is 5.44. The molecule has 2 unspecified atom stereocenters. The molecule has 0 saturated carbocycles. The van der Waals surface area contributed by atoms with Crippen molar-refractivity contribution in [3.05, 3.63) is 69.4 Å². The summed E-state index contributed by atoms with van der Waals surface area (Å²) >= 11 is 7.18. The first-order valence-electron chi connectivity index (χ1n) is 6.31. The zero-order valence-corrected chi connectivity index (χ0v) is 13.4. The minimum Gasteiger partial charge on any atom is -0.207 e. The van der Waals surface area contributed by atoms with Gasteiger partial charge >= 0.3 is 0 Å². The summed E-state index contributed by atoms with van der Waals surface area (Å²) in [5, 5.41) is 0. The van der Waals surface area contributed by atoms with Crippen LogP contribution in [0.25, 0.3) is 0 Å². The van der Waals surface area contributed by atoms with Crippen LogP contribution >= 0.6 is 31.9 Å². The number of rotatable bonds is 2. The summed E-state index contributed by atoms with van der Waals surface area (Å²) in [6, 6.07) is 13.6. The van der Waals surface area contributed by atoms with Gasteiger partial charge < -0.3 is 0 Å². The van der Waals surface area contributed by atoms with Crippen LogP contribution in [0.1, 0.15) is 21.5 Å². The van der Waals surface area contributed by atoms with Crippen LogP contribution in [0.4, 0.5) is 4.39 Å². The zero-order valence-electron chi connectivity index (χ0n) is 10.2. The van der Waals surface area contributed by atoms with E-state index >= 15 is 0 Å². The smallest absolute Gasteiger partial charge is 0.126 e. The van der Waals surface area contributed by atoms with Crippen molar-refractivity contribution in [1.82, 2.24) is 0 Å². The first kappa shape index (κ1) is 13.3. The second kappa shape index (κ2) is 5.37. The highest BCUT2D eigenvalue weighted by molar-refractivity contribution is 9.10. The summed E-state index contributed by atoms with van der Waals surface area (Å²) in [5.74, 6) is 0.306. The number of hydrogen-bond acceptors (Lipinski definition) is 0. The monoisotopic (exact) mass is 382 g/mol. The Bertz CT molecular complexity index is 609. The summed E-state index contributed by atoms with van der Waals surface area (Å²) in [6.07, 6.45) is 1.77. The summed E-state index contributed by atoms with van der Waals surface area (Å²) < 4.78 is 14.8. The molecule has 19 heavy (non-hydrogen) atoms. The molecule has 3 rings (SSSR count). The van der Waals surface area contributed by atoms with E-state index in [1.807, 2.05) is 6.07 Å².